The third-order valence-corrected chi connectivity index (χ3v) is 5.26. The number of imidazole rings is 1. The zero-order valence-corrected chi connectivity index (χ0v) is 21.1. The Morgan fingerprint density at radius 3 is 2.72 bits per heavy atom. The van der Waals surface area contributed by atoms with E-state index >= 15 is 0 Å². The molecule has 3 heterocycles. The lowest BCUT2D eigenvalue weighted by Crippen LogP contribution is -2.38. The van der Waals surface area contributed by atoms with E-state index in [0.29, 0.717) is 6.54 Å². The Labute approximate surface area is 205 Å². The highest BCUT2D eigenvalue weighted by Gasteiger charge is 2.05. The van der Waals surface area contributed by atoms with Crippen molar-refractivity contribution >= 4 is 40.8 Å². The minimum Gasteiger partial charge on any atom is -0.361 e. The van der Waals surface area contributed by atoms with Crippen LogP contribution in [0.1, 0.15) is 29.4 Å². The summed E-state index contributed by atoms with van der Waals surface area (Å²) in [6.45, 7) is 8.34. The van der Waals surface area contributed by atoms with Crippen molar-refractivity contribution in [2.24, 2.45) is 4.99 Å². The molecule has 3 aromatic heterocycles. The van der Waals surface area contributed by atoms with Crippen LogP contribution in [0.25, 0.3) is 16.7 Å². The summed E-state index contributed by atoms with van der Waals surface area (Å²) < 4.78 is 1.96. The summed E-state index contributed by atoms with van der Waals surface area (Å²) in [5, 5.41) is 8.04. The first-order valence-electron chi connectivity index (χ1n) is 10.7. The normalized spacial score (nSPS) is 11.4. The van der Waals surface area contributed by atoms with Crippen LogP contribution < -0.4 is 10.6 Å². The minimum atomic E-state index is 0. The number of halogens is 1. The number of nitrogens with zero attached hydrogens (tertiary/aromatic N) is 4. The molecule has 0 atom stereocenters. The van der Waals surface area contributed by atoms with Gasteiger partial charge in [0.05, 0.1) is 6.54 Å². The van der Waals surface area contributed by atoms with Crippen molar-refractivity contribution in [3.05, 3.63) is 77.6 Å². The number of rotatable bonds is 7. The van der Waals surface area contributed by atoms with Crippen molar-refractivity contribution in [1.82, 2.24) is 30.2 Å². The summed E-state index contributed by atoms with van der Waals surface area (Å²) in [6, 6.07) is 10.6. The molecule has 0 aliphatic heterocycles. The molecule has 1 aromatic carbocycles. The van der Waals surface area contributed by atoms with Crippen LogP contribution in [0, 0.1) is 13.8 Å². The minimum absolute atomic E-state index is 0. The summed E-state index contributed by atoms with van der Waals surface area (Å²) >= 11 is 0. The van der Waals surface area contributed by atoms with E-state index in [1.165, 1.54) is 22.0 Å². The number of benzene rings is 1. The van der Waals surface area contributed by atoms with Crippen LogP contribution in [0.15, 0.2) is 60.1 Å². The zero-order chi connectivity index (χ0) is 21.6. The SMILES string of the molecule is CCNC(=NCc1ccc(-n2ccnc2C)nc1)NCCc1c[nH]c2cc(C)ccc12.I. The average molecular weight is 543 g/mol. The number of guanidine groups is 1. The van der Waals surface area contributed by atoms with E-state index in [2.05, 4.69) is 69.9 Å². The summed E-state index contributed by atoms with van der Waals surface area (Å²) in [7, 11) is 0. The second-order valence-electron chi connectivity index (χ2n) is 7.60. The Morgan fingerprint density at radius 1 is 1.12 bits per heavy atom. The quantitative estimate of drug-likeness (QED) is 0.185. The molecule has 4 aromatic rings. The first-order valence-corrected chi connectivity index (χ1v) is 10.7. The molecule has 0 spiro atoms. The first kappa shape index (κ1) is 23.8. The predicted molar refractivity (Wildman–Crippen MR) is 141 cm³/mol. The Kier molecular flexibility index (Phi) is 8.26. The fourth-order valence-electron chi connectivity index (χ4n) is 3.61. The van der Waals surface area contributed by atoms with Gasteiger partial charge in [-0.25, -0.2) is 15.0 Å². The fourth-order valence-corrected chi connectivity index (χ4v) is 3.61. The maximum atomic E-state index is 4.71. The molecule has 0 radical (unpaired) electrons. The number of hydrogen-bond donors (Lipinski definition) is 3. The second-order valence-corrected chi connectivity index (χ2v) is 7.60. The van der Waals surface area contributed by atoms with E-state index in [1.807, 2.05) is 30.0 Å². The van der Waals surface area contributed by atoms with Gasteiger partial charge in [0.2, 0.25) is 0 Å². The molecule has 0 bridgehead atoms. The van der Waals surface area contributed by atoms with E-state index in [1.54, 1.807) is 6.20 Å². The first-order chi connectivity index (χ1) is 15.1. The van der Waals surface area contributed by atoms with E-state index in [-0.39, 0.29) is 24.0 Å². The van der Waals surface area contributed by atoms with E-state index in [4.69, 9.17) is 4.99 Å². The highest BCUT2D eigenvalue weighted by molar-refractivity contribution is 14.0. The standard InChI is InChI=1S/C24H29N7.HI/c1-4-25-24(27-10-9-20-16-28-22-13-17(2)5-7-21(20)22)30-15-19-6-8-23(29-14-19)31-12-11-26-18(31)3;/h5-8,11-14,16,28H,4,9-10,15H2,1-3H3,(H2,25,27,30);1H. The Balaban J connectivity index is 0.00000289. The van der Waals surface area contributed by atoms with Crippen LogP contribution in [0.4, 0.5) is 0 Å². The number of hydrogen-bond acceptors (Lipinski definition) is 3. The number of nitrogens with one attached hydrogen (secondary N) is 3. The molecule has 7 nitrogen and oxygen atoms in total. The number of H-pyrrole nitrogens is 1. The largest absolute Gasteiger partial charge is 0.361 e. The fraction of sp³-hybridized carbons (Fsp3) is 0.292. The lowest BCUT2D eigenvalue weighted by atomic mass is 10.1. The molecule has 8 heteroatoms. The zero-order valence-electron chi connectivity index (χ0n) is 18.7. The van der Waals surface area contributed by atoms with Gasteiger partial charge in [-0.15, -0.1) is 24.0 Å². The lowest BCUT2D eigenvalue weighted by molar-refractivity contribution is 0.801. The Morgan fingerprint density at radius 2 is 2.00 bits per heavy atom. The van der Waals surface area contributed by atoms with Gasteiger partial charge < -0.3 is 15.6 Å². The van der Waals surface area contributed by atoms with Gasteiger partial charge in [0, 0.05) is 48.8 Å². The van der Waals surface area contributed by atoms with Crippen LogP contribution in [0.5, 0.6) is 0 Å². The van der Waals surface area contributed by atoms with Gasteiger partial charge in [-0.3, -0.25) is 4.57 Å². The smallest absolute Gasteiger partial charge is 0.191 e. The van der Waals surface area contributed by atoms with Crippen molar-refractivity contribution < 1.29 is 0 Å². The molecule has 0 aliphatic carbocycles. The topological polar surface area (TPSA) is 82.9 Å². The number of pyridine rings is 1. The molecule has 0 aliphatic rings. The monoisotopic (exact) mass is 543 g/mol. The molecular formula is C24H30IN7. The molecule has 0 saturated heterocycles. The van der Waals surface area contributed by atoms with E-state index in [0.717, 1.165) is 42.7 Å². The number of aliphatic imine (C=N–C) groups is 1. The van der Waals surface area contributed by atoms with Crippen LogP contribution >= 0.6 is 24.0 Å². The van der Waals surface area contributed by atoms with E-state index < -0.39 is 0 Å². The average Bonchev–Trinajstić information content (AvgIpc) is 3.38. The molecule has 0 fully saturated rings. The maximum absolute atomic E-state index is 4.71. The van der Waals surface area contributed by atoms with E-state index in [9.17, 15) is 0 Å². The van der Waals surface area contributed by atoms with Crippen molar-refractivity contribution in [2.45, 2.75) is 33.7 Å². The highest BCUT2D eigenvalue weighted by atomic mass is 127. The number of aryl methyl sites for hydroxylation is 2. The predicted octanol–water partition coefficient (Wildman–Crippen LogP) is 4.28. The second kappa shape index (κ2) is 11.1. The molecule has 0 unspecified atom stereocenters. The van der Waals surface area contributed by atoms with Crippen molar-refractivity contribution in [3.63, 3.8) is 0 Å². The van der Waals surface area contributed by atoms with Gasteiger partial charge >= 0.3 is 0 Å². The van der Waals surface area contributed by atoms with Crippen molar-refractivity contribution in [3.8, 4) is 5.82 Å². The molecular weight excluding hydrogens is 513 g/mol. The van der Waals surface area contributed by atoms with Gasteiger partial charge in [0.15, 0.2) is 5.96 Å². The highest BCUT2D eigenvalue weighted by Crippen LogP contribution is 2.19. The molecule has 168 valence electrons. The van der Waals surface area contributed by atoms with Crippen LogP contribution in [-0.2, 0) is 13.0 Å². The van der Waals surface area contributed by atoms with Gasteiger partial charge in [-0.2, -0.15) is 0 Å². The van der Waals surface area contributed by atoms with Crippen molar-refractivity contribution in [2.75, 3.05) is 13.1 Å². The summed E-state index contributed by atoms with van der Waals surface area (Å²) in [4.78, 5) is 16.9. The van der Waals surface area contributed by atoms with Gasteiger partial charge in [0.1, 0.15) is 11.6 Å². The summed E-state index contributed by atoms with van der Waals surface area (Å²) in [5.41, 5.74) is 4.83. The Bertz CT molecular complexity index is 1170. The molecule has 3 N–H and O–H groups in total. The third-order valence-electron chi connectivity index (χ3n) is 5.26. The lowest BCUT2D eigenvalue weighted by Gasteiger charge is -2.11. The van der Waals surface area contributed by atoms with Crippen LogP contribution in [0.2, 0.25) is 0 Å². The molecule has 0 amide bonds. The number of fused-ring (bicyclic) bond motifs is 1. The van der Waals surface area contributed by atoms with Crippen LogP contribution in [0.3, 0.4) is 0 Å². The number of aromatic amines is 1. The van der Waals surface area contributed by atoms with Gasteiger partial charge in [0.25, 0.3) is 0 Å². The van der Waals surface area contributed by atoms with Gasteiger partial charge in [-0.1, -0.05) is 18.2 Å². The molecule has 32 heavy (non-hydrogen) atoms. The molecule has 0 saturated carbocycles. The van der Waals surface area contributed by atoms with Crippen molar-refractivity contribution in [1.29, 1.82) is 0 Å². The summed E-state index contributed by atoms with van der Waals surface area (Å²) in [6.07, 6.45) is 8.59. The van der Waals surface area contributed by atoms with Gasteiger partial charge in [-0.05, 0) is 56.0 Å². The summed E-state index contributed by atoms with van der Waals surface area (Å²) in [5.74, 6) is 2.59. The molecule has 4 rings (SSSR count). The third kappa shape index (κ3) is 5.67. The number of aromatic nitrogens is 4. The van der Waals surface area contributed by atoms with Crippen LogP contribution in [-0.4, -0.2) is 38.6 Å². The Hall–Kier alpha value is -2.88. The maximum Gasteiger partial charge on any atom is 0.191 e.